The van der Waals surface area contributed by atoms with Gasteiger partial charge in [-0.2, -0.15) is 0 Å². The molecule has 0 spiro atoms. The summed E-state index contributed by atoms with van der Waals surface area (Å²) >= 11 is 0. The lowest BCUT2D eigenvalue weighted by molar-refractivity contribution is 0.0475. The van der Waals surface area contributed by atoms with Crippen molar-refractivity contribution in [2.75, 3.05) is 32.8 Å². The van der Waals surface area contributed by atoms with Crippen molar-refractivity contribution in [1.29, 1.82) is 0 Å². The number of halogens is 1. The van der Waals surface area contributed by atoms with Gasteiger partial charge in [0, 0.05) is 31.3 Å². The quantitative estimate of drug-likeness (QED) is 0.711. The molecule has 7 nitrogen and oxygen atoms in total. The van der Waals surface area contributed by atoms with Crippen LogP contribution in [-0.2, 0) is 4.74 Å². The minimum atomic E-state index is -0.324. The molecule has 3 amide bonds. The topological polar surface area (TPSA) is 79.0 Å². The molecule has 158 valence electrons. The molecule has 0 aliphatic carbocycles. The van der Waals surface area contributed by atoms with Gasteiger partial charge >= 0.3 is 0 Å². The van der Waals surface area contributed by atoms with Crippen LogP contribution in [0.2, 0.25) is 0 Å². The molecule has 1 aromatic carbocycles. The zero-order valence-corrected chi connectivity index (χ0v) is 17.5. The van der Waals surface area contributed by atoms with Gasteiger partial charge in [0.05, 0.1) is 23.8 Å². The molecule has 0 radical (unpaired) electrons. The maximum atomic E-state index is 13.1. The number of nitrogens with one attached hydrogen (secondary N) is 1. The number of hydrogen-bond acceptors (Lipinski definition) is 5. The van der Waals surface area contributed by atoms with Crippen molar-refractivity contribution >= 4 is 30.1 Å². The molecule has 0 saturated carbocycles. The third kappa shape index (κ3) is 4.17. The number of carbonyl (C=O) groups excluding carboxylic acids is 3. The minimum absolute atomic E-state index is 0. The third-order valence-corrected chi connectivity index (χ3v) is 5.83. The smallest absolute Gasteiger partial charge is 0.261 e. The first-order valence-corrected chi connectivity index (χ1v) is 10.2. The maximum Gasteiger partial charge on any atom is 0.261 e. The van der Waals surface area contributed by atoms with Crippen molar-refractivity contribution in [2.24, 2.45) is 0 Å². The summed E-state index contributed by atoms with van der Waals surface area (Å²) in [6, 6.07) is 5.06. The van der Waals surface area contributed by atoms with Gasteiger partial charge in [0.25, 0.3) is 17.7 Å². The number of rotatable bonds is 6. The Labute approximate surface area is 177 Å². The number of carbonyl (C=O) groups is 3. The Morgan fingerprint density at radius 3 is 2.69 bits per heavy atom. The van der Waals surface area contributed by atoms with Gasteiger partial charge in [-0.15, -0.1) is 12.4 Å². The largest absolute Gasteiger partial charge is 0.376 e. The lowest BCUT2D eigenvalue weighted by Gasteiger charge is -2.28. The van der Waals surface area contributed by atoms with Crippen molar-refractivity contribution < 1.29 is 19.1 Å². The summed E-state index contributed by atoms with van der Waals surface area (Å²) in [5.41, 5.74) is 1.18. The Kier molecular flexibility index (Phi) is 6.93. The lowest BCUT2D eigenvalue weighted by Crippen LogP contribution is -2.42. The molecule has 29 heavy (non-hydrogen) atoms. The summed E-state index contributed by atoms with van der Waals surface area (Å²) in [4.78, 5) is 41.8. The van der Waals surface area contributed by atoms with Gasteiger partial charge in [-0.25, -0.2) is 0 Å². The predicted octanol–water partition coefficient (Wildman–Crippen LogP) is 2.10. The first kappa shape index (κ1) is 21.7. The minimum Gasteiger partial charge on any atom is -0.376 e. The van der Waals surface area contributed by atoms with Gasteiger partial charge in [-0.1, -0.05) is 6.92 Å². The summed E-state index contributed by atoms with van der Waals surface area (Å²) in [6.07, 6.45) is 3.54. The molecule has 1 N–H and O–H groups in total. The zero-order chi connectivity index (χ0) is 19.7. The molecule has 2 unspecified atom stereocenters. The van der Waals surface area contributed by atoms with Crippen LogP contribution in [0.25, 0.3) is 0 Å². The molecule has 1 aromatic rings. The fourth-order valence-electron chi connectivity index (χ4n) is 4.34. The molecule has 8 heteroatoms. The van der Waals surface area contributed by atoms with E-state index in [0.717, 1.165) is 38.8 Å². The second-order valence-corrected chi connectivity index (χ2v) is 7.76. The van der Waals surface area contributed by atoms with Crippen molar-refractivity contribution in [2.45, 2.75) is 44.8 Å². The Bertz CT molecular complexity index is 788. The number of hydrogen-bond donors (Lipinski definition) is 1. The summed E-state index contributed by atoms with van der Waals surface area (Å²) < 4.78 is 5.57. The molecule has 2 fully saturated rings. The second-order valence-electron chi connectivity index (χ2n) is 7.76. The number of ether oxygens (including phenoxy) is 1. The highest BCUT2D eigenvalue weighted by molar-refractivity contribution is 6.22. The summed E-state index contributed by atoms with van der Waals surface area (Å²) in [7, 11) is 0. The standard InChI is InChI=1S/C21H27N3O4.ClH/c1-2-9-23(15-7-8-22-12-15)19(25)14-5-6-17-18(11-14)21(27)24(20(17)26)13-16-4-3-10-28-16;/h5-6,11,15-16,22H,2-4,7-10,12-13H2,1H3;1H. The SMILES string of the molecule is CCCN(C(=O)c1ccc2c(c1)C(=O)N(CC1CCCO1)C2=O)C1CCNC1.Cl. The van der Waals surface area contributed by atoms with Gasteiger partial charge in [-0.05, 0) is 50.4 Å². The second kappa shape index (κ2) is 9.24. The normalized spacial score (nSPS) is 23.3. The Hall–Kier alpha value is -1.96. The molecule has 2 atom stereocenters. The van der Waals surface area contributed by atoms with Gasteiger partial charge in [0.1, 0.15) is 0 Å². The van der Waals surface area contributed by atoms with Crippen molar-refractivity contribution in [3.8, 4) is 0 Å². The van der Waals surface area contributed by atoms with Crippen LogP contribution in [0, 0.1) is 0 Å². The molecule has 3 heterocycles. The van der Waals surface area contributed by atoms with E-state index in [1.165, 1.54) is 4.90 Å². The van der Waals surface area contributed by atoms with E-state index in [1.54, 1.807) is 18.2 Å². The van der Waals surface area contributed by atoms with Crippen LogP contribution in [0.15, 0.2) is 18.2 Å². The molecule has 0 bridgehead atoms. The van der Waals surface area contributed by atoms with E-state index < -0.39 is 0 Å². The summed E-state index contributed by atoms with van der Waals surface area (Å²) in [5, 5.41) is 3.30. The number of benzene rings is 1. The molecule has 3 aliphatic rings. The van der Waals surface area contributed by atoms with E-state index in [9.17, 15) is 14.4 Å². The van der Waals surface area contributed by atoms with Gasteiger partial charge < -0.3 is 15.0 Å². The number of amides is 3. The van der Waals surface area contributed by atoms with Crippen LogP contribution < -0.4 is 5.32 Å². The van der Waals surface area contributed by atoms with Crippen LogP contribution in [0.4, 0.5) is 0 Å². The highest BCUT2D eigenvalue weighted by Gasteiger charge is 2.38. The van der Waals surface area contributed by atoms with E-state index in [0.29, 0.717) is 29.8 Å². The average molecular weight is 422 g/mol. The molecule has 4 rings (SSSR count). The van der Waals surface area contributed by atoms with Crippen LogP contribution in [0.5, 0.6) is 0 Å². The van der Waals surface area contributed by atoms with Crippen LogP contribution >= 0.6 is 12.4 Å². The molecule has 3 aliphatic heterocycles. The van der Waals surface area contributed by atoms with Crippen LogP contribution in [-0.4, -0.2) is 72.5 Å². The molecule has 0 aromatic heterocycles. The first-order chi connectivity index (χ1) is 13.6. The monoisotopic (exact) mass is 421 g/mol. The van der Waals surface area contributed by atoms with Crippen molar-refractivity contribution in [1.82, 2.24) is 15.1 Å². The van der Waals surface area contributed by atoms with Gasteiger partial charge in [0.15, 0.2) is 0 Å². The molecular formula is C21H28ClN3O4. The summed E-state index contributed by atoms with van der Waals surface area (Å²) in [6.45, 7) is 5.40. The fraction of sp³-hybridized carbons (Fsp3) is 0.571. The van der Waals surface area contributed by atoms with E-state index in [-0.39, 0.29) is 48.8 Å². The van der Waals surface area contributed by atoms with Crippen molar-refractivity contribution in [3.05, 3.63) is 34.9 Å². The number of imide groups is 1. The fourth-order valence-corrected chi connectivity index (χ4v) is 4.34. The average Bonchev–Trinajstić information content (AvgIpc) is 3.45. The zero-order valence-electron chi connectivity index (χ0n) is 16.7. The Morgan fingerprint density at radius 1 is 1.24 bits per heavy atom. The van der Waals surface area contributed by atoms with E-state index >= 15 is 0 Å². The first-order valence-electron chi connectivity index (χ1n) is 10.2. The molecular weight excluding hydrogens is 394 g/mol. The highest BCUT2D eigenvalue weighted by Crippen LogP contribution is 2.27. The van der Waals surface area contributed by atoms with E-state index in [4.69, 9.17) is 4.74 Å². The third-order valence-electron chi connectivity index (χ3n) is 5.83. The summed E-state index contributed by atoms with van der Waals surface area (Å²) in [5.74, 6) is -0.689. The van der Waals surface area contributed by atoms with Crippen molar-refractivity contribution in [3.63, 3.8) is 0 Å². The number of nitrogens with zero attached hydrogens (tertiary/aromatic N) is 2. The molecule has 2 saturated heterocycles. The van der Waals surface area contributed by atoms with Crippen LogP contribution in [0.3, 0.4) is 0 Å². The number of fused-ring (bicyclic) bond motifs is 1. The Balaban J connectivity index is 0.00000240. The van der Waals surface area contributed by atoms with Crippen LogP contribution in [0.1, 0.15) is 63.7 Å². The Morgan fingerprint density at radius 2 is 2.03 bits per heavy atom. The van der Waals surface area contributed by atoms with E-state index in [1.807, 2.05) is 4.90 Å². The van der Waals surface area contributed by atoms with Gasteiger partial charge in [0.2, 0.25) is 0 Å². The van der Waals surface area contributed by atoms with E-state index in [2.05, 4.69) is 12.2 Å². The maximum absolute atomic E-state index is 13.1. The van der Waals surface area contributed by atoms with Gasteiger partial charge in [-0.3, -0.25) is 19.3 Å². The predicted molar refractivity (Wildman–Crippen MR) is 111 cm³/mol. The highest BCUT2D eigenvalue weighted by atomic mass is 35.5. The lowest BCUT2D eigenvalue weighted by atomic mass is 10.0.